The molecule has 0 unspecified atom stereocenters. The molecule has 0 N–H and O–H groups in total. The largest absolute Gasteiger partial charge is 0.309 e. The van der Waals surface area contributed by atoms with Crippen LogP contribution in [0, 0.1) is 5.92 Å². The third kappa shape index (κ3) is 6.05. The van der Waals surface area contributed by atoms with E-state index in [1.807, 2.05) is 27.9 Å². The molecule has 0 aromatic rings. The number of hydrogen-bond donors (Lipinski definition) is 0. The van der Waals surface area contributed by atoms with Gasteiger partial charge in [0.05, 0.1) is 0 Å². The van der Waals surface area contributed by atoms with E-state index in [1.165, 1.54) is 0 Å². The summed E-state index contributed by atoms with van der Waals surface area (Å²) >= 11 is 0. The lowest BCUT2D eigenvalue weighted by Gasteiger charge is -2.09. The van der Waals surface area contributed by atoms with Crippen LogP contribution in [0.4, 0.5) is 0 Å². The minimum absolute atomic E-state index is 0.206. The first-order chi connectivity index (χ1) is 5.04. The van der Waals surface area contributed by atoms with Gasteiger partial charge in [-0.25, -0.2) is 0 Å². The highest BCUT2D eigenvalue weighted by atomic mass is 16.1. The first kappa shape index (κ1) is 10.6. The van der Waals surface area contributed by atoms with E-state index in [9.17, 15) is 4.79 Å². The highest BCUT2D eigenvalue weighted by Gasteiger charge is 2.05. The lowest BCUT2D eigenvalue weighted by Crippen LogP contribution is -2.15. The van der Waals surface area contributed by atoms with E-state index in [2.05, 4.69) is 4.90 Å². The summed E-state index contributed by atoms with van der Waals surface area (Å²) in [5.41, 5.74) is 0. The predicted octanol–water partition coefficient (Wildman–Crippen LogP) is 1.55. The van der Waals surface area contributed by atoms with Crippen molar-refractivity contribution in [1.29, 1.82) is 0 Å². The molecule has 0 fully saturated rings. The average molecular weight is 157 g/mol. The molecule has 0 heterocycles. The molecular weight excluding hydrogens is 138 g/mol. The van der Waals surface area contributed by atoms with Gasteiger partial charge in [0.1, 0.15) is 5.78 Å². The summed E-state index contributed by atoms with van der Waals surface area (Å²) in [6.45, 7) is 4.93. The van der Waals surface area contributed by atoms with Crippen molar-refractivity contribution in [3.63, 3.8) is 0 Å². The van der Waals surface area contributed by atoms with Crippen LogP contribution in [-0.4, -0.2) is 31.3 Å². The Hall–Kier alpha value is -0.370. The molecule has 2 nitrogen and oxygen atoms in total. The van der Waals surface area contributed by atoms with Gasteiger partial charge in [-0.1, -0.05) is 13.8 Å². The van der Waals surface area contributed by atoms with Gasteiger partial charge in [-0.05, 0) is 27.1 Å². The molecule has 0 atom stereocenters. The number of carbonyl (C=O) groups excluding carboxylic acids is 1. The van der Waals surface area contributed by atoms with Gasteiger partial charge in [-0.15, -0.1) is 0 Å². The topological polar surface area (TPSA) is 20.3 Å². The molecule has 0 saturated carbocycles. The Morgan fingerprint density at radius 3 is 2.27 bits per heavy atom. The standard InChI is InChI=1S/C9H19NO/c1-8(2)9(11)6-5-7-10(3)4/h8H,5-7H2,1-4H3. The fraction of sp³-hybridized carbons (Fsp3) is 0.889. The minimum Gasteiger partial charge on any atom is -0.309 e. The van der Waals surface area contributed by atoms with Crippen molar-refractivity contribution >= 4 is 5.78 Å². The molecular formula is C9H19NO. The molecule has 0 amide bonds. The van der Waals surface area contributed by atoms with E-state index in [0.717, 1.165) is 19.4 Å². The van der Waals surface area contributed by atoms with Crippen molar-refractivity contribution in [2.24, 2.45) is 5.92 Å². The first-order valence-electron chi connectivity index (χ1n) is 4.21. The van der Waals surface area contributed by atoms with Gasteiger partial charge in [0.2, 0.25) is 0 Å². The van der Waals surface area contributed by atoms with E-state index >= 15 is 0 Å². The van der Waals surface area contributed by atoms with Gasteiger partial charge >= 0.3 is 0 Å². The maximum absolute atomic E-state index is 11.1. The summed E-state index contributed by atoms with van der Waals surface area (Å²) in [5, 5.41) is 0. The zero-order valence-corrected chi connectivity index (χ0v) is 8.05. The number of hydrogen-bond acceptors (Lipinski definition) is 2. The molecule has 0 saturated heterocycles. The van der Waals surface area contributed by atoms with Crippen molar-refractivity contribution < 1.29 is 4.79 Å². The third-order valence-electron chi connectivity index (χ3n) is 1.67. The predicted molar refractivity (Wildman–Crippen MR) is 47.6 cm³/mol. The molecule has 0 bridgehead atoms. The summed E-state index contributed by atoms with van der Waals surface area (Å²) < 4.78 is 0. The van der Waals surface area contributed by atoms with E-state index in [0.29, 0.717) is 5.78 Å². The van der Waals surface area contributed by atoms with Crippen LogP contribution >= 0.6 is 0 Å². The molecule has 0 aromatic heterocycles. The van der Waals surface area contributed by atoms with Gasteiger partial charge < -0.3 is 4.90 Å². The van der Waals surface area contributed by atoms with Crippen LogP contribution in [0.1, 0.15) is 26.7 Å². The highest BCUT2D eigenvalue weighted by Crippen LogP contribution is 2.01. The zero-order valence-electron chi connectivity index (χ0n) is 8.05. The lowest BCUT2D eigenvalue weighted by atomic mass is 10.0. The van der Waals surface area contributed by atoms with Gasteiger partial charge in [-0.3, -0.25) is 4.79 Å². The lowest BCUT2D eigenvalue weighted by molar-refractivity contribution is -0.122. The SMILES string of the molecule is CC(C)C(=O)CCCN(C)C. The van der Waals surface area contributed by atoms with Crippen molar-refractivity contribution in [1.82, 2.24) is 4.90 Å². The summed E-state index contributed by atoms with van der Waals surface area (Å²) in [5.74, 6) is 0.587. The fourth-order valence-electron chi connectivity index (χ4n) is 0.858. The van der Waals surface area contributed by atoms with Gasteiger partial charge in [0, 0.05) is 12.3 Å². The van der Waals surface area contributed by atoms with Crippen LogP contribution in [-0.2, 0) is 4.79 Å². The second-order valence-corrected chi connectivity index (χ2v) is 3.53. The molecule has 0 rings (SSSR count). The summed E-state index contributed by atoms with van der Waals surface area (Å²) in [4.78, 5) is 13.2. The number of nitrogens with zero attached hydrogens (tertiary/aromatic N) is 1. The van der Waals surface area contributed by atoms with Gasteiger partial charge in [-0.2, -0.15) is 0 Å². The molecule has 0 aliphatic rings. The molecule has 2 heteroatoms. The Kier molecular flexibility index (Phi) is 5.12. The summed E-state index contributed by atoms with van der Waals surface area (Å²) in [6.07, 6.45) is 1.72. The second kappa shape index (κ2) is 5.30. The molecule has 11 heavy (non-hydrogen) atoms. The van der Waals surface area contributed by atoms with Crippen LogP contribution in [0.3, 0.4) is 0 Å². The third-order valence-corrected chi connectivity index (χ3v) is 1.67. The smallest absolute Gasteiger partial charge is 0.135 e. The van der Waals surface area contributed by atoms with E-state index < -0.39 is 0 Å². The van der Waals surface area contributed by atoms with Crippen molar-refractivity contribution in [2.45, 2.75) is 26.7 Å². The average Bonchev–Trinajstić information content (AvgIpc) is 1.86. The van der Waals surface area contributed by atoms with Crippen LogP contribution in [0.5, 0.6) is 0 Å². The number of carbonyl (C=O) groups is 1. The molecule has 0 aliphatic carbocycles. The van der Waals surface area contributed by atoms with Gasteiger partial charge in [0.15, 0.2) is 0 Å². The van der Waals surface area contributed by atoms with E-state index in [1.54, 1.807) is 0 Å². The number of ketones is 1. The van der Waals surface area contributed by atoms with Crippen LogP contribution in [0.2, 0.25) is 0 Å². The molecule has 0 aliphatic heterocycles. The molecule has 0 aromatic carbocycles. The molecule has 66 valence electrons. The monoisotopic (exact) mass is 157 g/mol. The molecule has 0 spiro atoms. The highest BCUT2D eigenvalue weighted by molar-refractivity contribution is 5.80. The second-order valence-electron chi connectivity index (χ2n) is 3.53. The van der Waals surface area contributed by atoms with E-state index in [-0.39, 0.29) is 5.92 Å². The maximum Gasteiger partial charge on any atom is 0.135 e. The Morgan fingerprint density at radius 2 is 1.91 bits per heavy atom. The Bertz CT molecular complexity index is 119. The van der Waals surface area contributed by atoms with Crippen LogP contribution < -0.4 is 0 Å². The summed E-state index contributed by atoms with van der Waals surface area (Å²) in [7, 11) is 4.06. The maximum atomic E-state index is 11.1. The minimum atomic E-state index is 0.206. The van der Waals surface area contributed by atoms with E-state index in [4.69, 9.17) is 0 Å². The Balaban J connectivity index is 3.32. The number of rotatable bonds is 5. The Labute approximate surface area is 69.6 Å². The first-order valence-corrected chi connectivity index (χ1v) is 4.21. The fourth-order valence-corrected chi connectivity index (χ4v) is 0.858. The van der Waals surface area contributed by atoms with Gasteiger partial charge in [0.25, 0.3) is 0 Å². The zero-order chi connectivity index (χ0) is 8.85. The Morgan fingerprint density at radius 1 is 1.36 bits per heavy atom. The summed E-state index contributed by atoms with van der Waals surface area (Å²) in [6, 6.07) is 0. The number of Topliss-reactive ketones (excluding diaryl/α,β-unsaturated/α-hetero) is 1. The van der Waals surface area contributed by atoms with Crippen LogP contribution in [0.25, 0.3) is 0 Å². The van der Waals surface area contributed by atoms with Crippen LogP contribution in [0.15, 0.2) is 0 Å². The molecule has 0 radical (unpaired) electrons. The van der Waals surface area contributed by atoms with Crippen molar-refractivity contribution in [2.75, 3.05) is 20.6 Å². The van der Waals surface area contributed by atoms with Crippen molar-refractivity contribution in [3.8, 4) is 0 Å². The normalized spacial score (nSPS) is 11.1. The quantitative estimate of drug-likeness (QED) is 0.603. The van der Waals surface area contributed by atoms with Crippen molar-refractivity contribution in [3.05, 3.63) is 0 Å².